The van der Waals surface area contributed by atoms with Crippen molar-refractivity contribution < 1.29 is 17.8 Å². The van der Waals surface area contributed by atoms with E-state index in [1.54, 1.807) is 23.0 Å². The molecule has 0 saturated heterocycles. The van der Waals surface area contributed by atoms with Crippen molar-refractivity contribution in [3.05, 3.63) is 29.7 Å². The number of alkyl halides is 2. The van der Waals surface area contributed by atoms with Crippen molar-refractivity contribution in [1.29, 1.82) is 0 Å². The molecule has 1 aliphatic rings. The molecule has 2 aromatic rings. The van der Waals surface area contributed by atoms with Gasteiger partial charge in [-0.1, -0.05) is 20.8 Å². The van der Waals surface area contributed by atoms with Crippen LogP contribution in [0.4, 0.5) is 8.78 Å². The highest BCUT2D eigenvalue weighted by Gasteiger charge is 2.39. The standard InChI is InChI=1S/C24H35F2N5O2S/c1-22(2,3)12-20(32)30-21(17-7-9-24(25,26)10-8-17)18-15-31-19(29-18)11-16(13-27-31)14-28-34(33)23(4,5)6/h11,13-15,17,21H,7-10,12H2,1-6H3,(H,30,32)/b28-14+/t21-,34+/m0/s1. The van der Waals surface area contributed by atoms with Gasteiger partial charge >= 0.3 is 0 Å². The van der Waals surface area contributed by atoms with Gasteiger partial charge in [0.15, 0.2) is 5.65 Å². The van der Waals surface area contributed by atoms with Crippen molar-refractivity contribution in [1.82, 2.24) is 19.9 Å². The van der Waals surface area contributed by atoms with Crippen LogP contribution in [-0.4, -0.2) is 41.6 Å². The Balaban J connectivity index is 1.88. The van der Waals surface area contributed by atoms with Crippen LogP contribution in [0.2, 0.25) is 0 Å². The molecule has 2 aromatic heterocycles. The highest BCUT2D eigenvalue weighted by atomic mass is 32.2. The Hall–Kier alpha value is -2.23. The lowest BCUT2D eigenvalue weighted by molar-refractivity contribution is -0.124. The van der Waals surface area contributed by atoms with Crippen molar-refractivity contribution >= 4 is 28.8 Å². The van der Waals surface area contributed by atoms with E-state index in [0.717, 1.165) is 0 Å². The number of hydrogen-bond acceptors (Lipinski definition) is 4. The fraction of sp³-hybridized carbons (Fsp3) is 0.667. The summed E-state index contributed by atoms with van der Waals surface area (Å²) in [6.45, 7) is 11.5. The van der Waals surface area contributed by atoms with Crippen LogP contribution in [0.1, 0.15) is 90.9 Å². The fourth-order valence-electron chi connectivity index (χ4n) is 3.93. The minimum Gasteiger partial charge on any atom is -0.347 e. The first-order valence-electron chi connectivity index (χ1n) is 11.6. The minimum absolute atomic E-state index is 0.127. The number of aromatic nitrogens is 3. The van der Waals surface area contributed by atoms with Crippen molar-refractivity contribution in [2.24, 2.45) is 15.7 Å². The van der Waals surface area contributed by atoms with Crippen LogP contribution in [0.25, 0.3) is 5.65 Å². The van der Waals surface area contributed by atoms with E-state index < -0.39 is 27.7 Å². The Kier molecular flexibility index (Phi) is 7.60. The lowest BCUT2D eigenvalue weighted by atomic mass is 9.80. The number of carbonyl (C=O) groups is 1. The Labute approximate surface area is 202 Å². The Morgan fingerprint density at radius 2 is 1.94 bits per heavy atom. The van der Waals surface area contributed by atoms with Crippen LogP contribution in [-0.2, 0) is 15.8 Å². The maximum Gasteiger partial charge on any atom is 0.248 e. The number of imidazole rings is 1. The number of fused-ring (bicyclic) bond motifs is 1. The molecule has 7 nitrogen and oxygen atoms in total. The average Bonchev–Trinajstić information content (AvgIpc) is 3.11. The fourth-order valence-corrected chi connectivity index (χ4v) is 4.47. The molecule has 1 aliphatic carbocycles. The van der Waals surface area contributed by atoms with E-state index in [9.17, 15) is 17.8 Å². The first kappa shape index (κ1) is 26.4. The summed E-state index contributed by atoms with van der Waals surface area (Å²) in [5.41, 5.74) is 1.58. The summed E-state index contributed by atoms with van der Waals surface area (Å²) in [4.78, 5) is 17.4. The minimum atomic E-state index is -2.65. The SMILES string of the molecule is CC(C)(C)CC(=O)N[C@H](c1cn2ncc(/C=N/[S@](=O)C(C)(C)C)cc2n1)C1CCC(F)(F)CC1. The molecule has 1 N–H and O–H groups in total. The molecule has 0 aromatic carbocycles. The van der Waals surface area contributed by atoms with Gasteiger partial charge in [-0.2, -0.15) is 9.50 Å². The molecular formula is C24H35F2N5O2S. The average molecular weight is 496 g/mol. The van der Waals surface area contributed by atoms with E-state index in [0.29, 0.717) is 36.2 Å². The molecule has 0 spiro atoms. The first-order valence-corrected chi connectivity index (χ1v) is 12.7. The topological polar surface area (TPSA) is 88.7 Å². The predicted octanol–water partition coefficient (Wildman–Crippen LogP) is 5.03. The van der Waals surface area contributed by atoms with Gasteiger partial charge in [0.05, 0.1) is 28.9 Å². The van der Waals surface area contributed by atoms with E-state index >= 15 is 0 Å². The molecule has 1 fully saturated rings. The number of hydrogen-bond donors (Lipinski definition) is 1. The summed E-state index contributed by atoms with van der Waals surface area (Å²) in [7, 11) is -1.39. The van der Waals surface area contributed by atoms with Gasteiger partial charge < -0.3 is 5.32 Å². The molecule has 1 amide bonds. The van der Waals surface area contributed by atoms with Crippen LogP contribution in [0, 0.1) is 11.3 Å². The monoisotopic (exact) mass is 495 g/mol. The zero-order chi connectivity index (χ0) is 25.3. The van der Waals surface area contributed by atoms with E-state index in [2.05, 4.69) is 19.8 Å². The number of carbonyl (C=O) groups excluding carboxylic acids is 1. The second-order valence-corrected chi connectivity index (χ2v) is 13.3. The van der Waals surface area contributed by atoms with Gasteiger partial charge in [0.25, 0.3) is 0 Å². The summed E-state index contributed by atoms with van der Waals surface area (Å²) < 4.78 is 45.0. The molecule has 0 aliphatic heterocycles. The second-order valence-electron chi connectivity index (χ2n) is 11.3. The second kappa shape index (κ2) is 9.79. The molecule has 1 saturated carbocycles. The molecule has 0 unspecified atom stereocenters. The van der Waals surface area contributed by atoms with Gasteiger partial charge in [-0.25, -0.2) is 22.5 Å². The zero-order valence-electron chi connectivity index (χ0n) is 20.8. The maximum absolute atomic E-state index is 13.8. The van der Waals surface area contributed by atoms with E-state index in [1.165, 1.54) is 6.21 Å². The molecule has 10 heteroatoms. The first-order chi connectivity index (χ1) is 15.6. The Bertz CT molecular complexity index is 1080. The number of rotatable bonds is 6. The third kappa shape index (κ3) is 7.13. The molecule has 2 atom stereocenters. The number of amides is 1. The predicted molar refractivity (Wildman–Crippen MR) is 130 cm³/mol. The van der Waals surface area contributed by atoms with Crippen molar-refractivity contribution in [2.75, 3.05) is 0 Å². The number of nitrogens with one attached hydrogen (secondary N) is 1. The van der Waals surface area contributed by atoms with Crippen LogP contribution in [0.5, 0.6) is 0 Å². The third-order valence-corrected chi connectivity index (χ3v) is 7.09. The Morgan fingerprint density at radius 1 is 1.29 bits per heavy atom. The largest absolute Gasteiger partial charge is 0.347 e. The van der Waals surface area contributed by atoms with Gasteiger partial charge in [0.1, 0.15) is 11.0 Å². The molecule has 34 heavy (non-hydrogen) atoms. The lowest BCUT2D eigenvalue weighted by Gasteiger charge is -2.34. The molecule has 3 rings (SSSR count). The highest BCUT2D eigenvalue weighted by molar-refractivity contribution is 7.85. The number of halogens is 2. The summed E-state index contributed by atoms with van der Waals surface area (Å²) >= 11 is 0. The maximum atomic E-state index is 13.8. The van der Waals surface area contributed by atoms with E-state index in [1.807, 2.05) is 41.5 Å². The van der Waals surface area contributed by atoms with Gasteiger partial charge in [0, 0.05) is 31.0 Å². The van der Waals surface area contributed by atoms with Gasteiger partial charge in [0.2, 0.25) is 11.8 Å². The van der Waals surface area contributed by atoms with E-state index in [-0.39, 0.29) is 30.1 Å². The smallest absolute Gasteiger partial charge is 0.248 e. The van der Waals surface area contributed by atoms with Crippen LogP contribution < -0.4 is 5.32 Å². The van der Waals surface area contributed by atoms with Crippen LogP contribution in [0.15, 0.2) is 22.9 Å². The highest BCUT2D eigenvalue weighted by Crippen LogP contribution is 2.41. The quantitative estimate of drug-likeness (QED) is 0.570. The summed E-state index contributed by atoms with van der Waals surface area (Å²) in [5, 5.41) is 7.43. The molecule has 0 radical (unpaired) electrons. The lowest BCUT2D eigenvalue weighted by Crippen LogP contribution is -2.38. The molecule has 0 bridgehead atoms. The Morgan fingerprint density at radius 3 is 2.53 bits per heavy atom. The van der Waals surface area contributed by atoms with Gasteiger partial charge in [-0.15, -0.1) is 0 Å². The summed E-state index contributed by atoms with van der Waals surface area (Å²) in [6, 6.07) is 1.29. The van der Waals surface area contributed by atoms with Crippen LogP contribution in [0.3, 0.4) is 0 Å². The summed E-state index contributed by atoms with van der Waals surface area (Å²) in [5.74, 6) is -2.92. The van der Waals surface area contributed by atoms with Crippen molar-refractivity contribution in [2.45, 2.75) is 90.4 Å². The summed E-state index contributed by atoms with van der Waals surface area (Å²) in [6.07, 6.45) is 5.39. The molecule has 188 valence electrons. The normalized spacial score (nSPS) is 19.4. The van der Waals surface area contributed by atoms with Gasteiger partial charge in [-0.3, -0.25) is 4.79 Å². The third-order valence-electron chi connectivity index (χ3n) is 5.74. The van der Waals surface area contributed by atoms with Crippen molar-refractivity contribution in [3.63, 3.8) is 0 Å². The van der Waals surface area contributed by atoms with Crippen molar-refractivity contribution in [3.8, 4) is 0 Å². The molecule has 2 heterocycles. The zero-order valence-corrected chi connectivity index (χ0v) is 21.6. The molecular weight excluding hydrogens is 460 g/mol. The number of nitrogens with zero attached hydrogens (tertiary/aromatic N) is 4. The van der Waals surface area contributed by atoms with Gasteiger partial charge in [-0.05, 0) is 51.0 Å². The van der Waals surface area contributed by atoms with Crippen LogP contribution >= 0.6 is 0 Å². The van der Waals surface area contributed by atoms with E-state index in [4.69, 9.17) is 0 Å².